The summed E-state index contributed by atoms with van der Waals surface area (Å²) in [5, 5.41) is 0. The molecule has 0 aromatic heterocycles. The van der Waals surface area contributed by atoms with Crippen LogP contribution in [0.25, 0.3) is 0 Å². The molecule has 0 unspecified atom stereocenters. The molecular formula is C11H13N. The Kier molecular flexibility index (Phi) is 2.81. The van der Waals surface area contributed by atoms with Crippen molar-refractivity contribution in [2.75, 3.05) is 0 Å². The zero-order valence-corrected chi connectivity index (χ0v) is 7.54. The zero-order chi connectivity index (χ0) is 8.97. The lowest BCUT2D eigenvalue weighted by atomic mass is 10.0. The topological polar surface area (TPSA) is 12.4 Å². The fourth-order valence-electron chi connectivity index (χ4n) is 1.11. The summed E-state index contributed by atoms with van der Waals surface area (Å²) in [4.78, 5) is 4.17. The van der Waals surface area contributed by atoms with Crippen molar-refractivity contribution in [2.24, 2.45) is 4.99 Å². The number of nitrogens with zero attached hydrogens (tertiary/aromatic N) is 1. The third-order valence-electron chi connectivity index (χ3n) is 1.67. The molecule has 0 aliphatic heterocycles. The molecule has 12 heavy (non-hydrogen) atoms. The predicted molar refractivity (Wildman–Crippen MR) is 54.3 cm³/mol. The van der Waals surface area contributed by atoms with Crippen LogP contribution in [0.1, 0.15) is 13.8 Å². The first-order chi connectivity index (χ1) is 5.75. The SMILES string of the molecule is C=CN=C1C=CC=CC1=C(C)C. The highest BCUT2D eigenvalue weighted by atomic mass is 14.7. The van der Waals surface area contributed by atoms with Crippen molar-refractivity contribution in [1.82, 2.24) is 0 Å². The second kappa shape index (κ2) is 3.86. The fourth-order valence-corrected chi connectivity index (χ4v) is 1.11. The summed E-state index contributed by atoms with van der Waals surface area (Å²) in [6.45, 7) is 7.74. The average molecular weight is 159 g/mol. The first kappa shape index (κ1) is 8.72. The minimum atomic E-state index is 0.993. The van der Waals surface area contributed by atoms with Gasteiger partial charge in [-0.05, 0) is 25.5 Å². The van der Waals surface area contributed by atoms with Crippen LogP contribution in [-0.2, 0) is 0 Å². The molecule has 0 fully saturated rings. The van der Waals surface area contributed by atoms with Gasteiger partial charge in [-0.25, -0.2) is 0 Å². The van der Waals surface area contributed by atoms with Crippen LogP contribution in [-0.4, -0.2) is 5.71 Å². The summed E-state index contributed by atoms with van der Waals surface area (Å²) in [6, 6.07) is 0. The minimum absolute atomic E-state index is 0.993. The number of allylic oxidation sites excluding steroid dienone is 6. The Labute approximate surface area is 73.5 Å². The van der Waals surface area contributed by atoms with E-state index in [1.165, 1.54) is 11.1 Å². The van der Waals surface area contributed by atoms with Gasteiger partial charge in [-0.2, -0.15) is 0 Å². The summed E-state index contributed by atoms with van der Waals surface area (Å²) in [6.07, 6.45) is 9.63. The first-order valence-corrected chi connectivity index (χ1v) is 3.97. The van der Waals surface area contributed by atoms with Crippen molar-refractivity contribution in [1.29, 1.82) is 0 Å². The maximum atomic E-state index is 4.17. The van der Waals surface area contributed by atoms with Crippen molar-refractivity contribution in [3.63, 3.8) is 0 Å². The summed E-state index contributed by atoms with van der Waals surface area (Å²) in [5.74, 6) is 0. The van der Waals surface area contributed by atoms with E-state index in [-0.39, 0.29) is 0 Å². The molecule has 0 bridgehead atoms. The summed E-state index contributed by atoms with van der Waals surface area (Å²) in [7, 11) is 0. The van der Waals surface area contributed by atoms with Crippen molar-refractivity contribution in [3.8, 4) is 0 Å². The van der Waals surface area contributed by atoms with Gasteiger partial charge in [-0.15, -0.1) is 0 Å². The highest BCUT2D eigenvalue weighted by Crippen LogP contribution is 2.13. The predicted octanol–water partition coefficient (Wildman–Crippen LogP) is 3.03. The minimum Gasteiger partial charge on any atom is -0.257 e. The van der Waals surface area contributed by atoms with Crippen molar-refractivity contribution in [2.45, 2.75) is 13.8 Å². The van der Waals surface area contributed by atoms with Gasteiger partial charge in [-0.3, -0.25) is 4.99 Å². The largest absolute Gasteiger partial charge is 0.257 e. The second-order valence-electron chi connectivity index (χ2n) is 2.83. The van der Waals surface area contributed by atoms with E-state index in [1.807, 2.05) is 18.2 Å². The van der Waals surface area contributed by atoms with E-state index >= 15 is 0 Å². The third kappa shape index (κ3) is 1.82. The number of hydrogen-bond donors (Lipinski definition) is 0. The Morgan fingerprint density at radius 3 is 2.58 bits per heavy atom. The Hall–Kier alpha value is -1.37. The normalized spacial score (nSPS) is 18.5. The van der Waals surface area contributed by atoms with Gasteiger partial charge < -0.3 is 0 Å². The van der Waals surface area contributed by atoms with Gasteiger partial charge in [-0.1, -0.05) is 30.4 Å². The summed E-state index contributed by atoms with van der Waals surface area (Å²) in [5.41, 5.74) is 3.46. The molecule has 1 nitrogen and oxygen atoms in total. The number of hydrogen-bond acceptors (Lipinski definition) is 1. The molecule has 0 aromatic carbocycles. The molecule has 1 aliphatic carbocycles. The molecular weight excluding hydrogens is 146 g/mol. The van der Waals surface area contributed by atoms with Crippen LogP contribution < -0.4 is 0 Å². The summed E-state index contributed by atoms with van der Waals surface area (Å²) < 4.78 is 0. The van der Waals surface area contributed by atoms with Crippen LogP contribution in [0.15, 0.2) is 53.2 Å². The molecule has 1 rings (SSSR count). The molecule has 62 valence electrons. The van der Waals surface area contributed by atoms with Gasteiger partial charge in [0, 0.05) is 6.20 Å². The van der Waals surface area contributed by atoms with Crippen LogP contribution in [0.3, 0.4) is 0 Å². The molecule has 1 heteroatoms. The van der Waals surface area contributed by atoms with Gasteiger partial charge in [0.2, 0.25) is 0 Å². The highest BCUT2D eigenvalue weighted by molar-refractivity contribution is 6.12. The van der Waals surface area contributed by atoms with Crippen molar-refractivity contribution >= 4 is 5.71 Å². The maximum Gasteiger partial charge on any atom is 0.0701 e. The molecule has 1 aliphatic rings. The lowest BCUT2D eigenvalue weighted by molar-refractivity contribution is 1.35. The Morgan fingerprint density at radius 1 is 1.33 bits per heavy atom. The van der Waals surface area contributed by atoms with Gasteiger partial charge in [0.05, 0.1) is 5.71 Å². The molecule has 0 spiro atoms. The van der Waals surface area contributed by atoms with Crippen LogP contribution in [0.4, 0.5) is 0 Å². The van der Waals surface area contributed by atoms with Gasteiger partial charge in [0.1, 0.15) is 0 Å². The smallest absolute Gasteiger partial charge is 0.0701 e. The van der Waals surface area contributed by atoms with E-state index in [9.17, 15) is 0 Å². The zero-order valence-electron chi connectivity index (χ0n) is 7.54. The molecule has 0 saturated carbocycles. The van der Waals surface area contributed by atoms with E-state index in [0.717, 1.165) is 5.71 Å². The maximum absolute atomic E-state index is 4.17. The highest BCUT2D eigenvalue weighted by Gasteiger charge is 2.03. The van der Waals surface area contributed by atoms with E-state index in [1.54, 1.807) is 6.20 Å². The van der Waals surface area contributed by atoms with E-state index < -0.39 is 0 Å². The average Bonchev–Trinajstić information content (AvgIpc) is 2.05. The number of rotatable bonds is 1. The standard InChI is InChI=1S/C11H13N/c1-4-12-11-8-6-5-7-10(11)9(2)3/h4-8H,1H2,2-3H3. The lowest BCUT2D eigenvalue weighted by Crippen LogP contribution is -2.00. The summed E-state index contributed by atoms with van der Waals surface area (Å²) >= 11 is 0. The Bertz CT molecular complexity index is 297. The van der Waals surface area contributed by atoms with Gasteiger partial charge in [0.15, 0.2) is 0 Å². The molecule has 0 heterocycles. The molecule has 0 radical (unpaired) electrons. The van der Waals surface area contributed by atoms with Gasteiger partial charge >= 0.3 is 0 Å². The van der Waals surface area contributed by atoms with E-state index in [0.29, 0.717) is 0 Å². The monoisotopic (exact) mass is 159 g/mol. The second-order valence-corrected chi connectivity index (χ2v) is 2.83. The van der Waals surface area contributed by atoms with Crippen LogP contribution in [0.5, 0.6) is 0 Å². The van der Waals surface area contributed by atoms with Crippen LogP contribution >= 0.6 is 0 Å². The molecule has 0 atom stereocenters. The molecule has 0 amide bonds. The van der Waals surface area contributed by atoms with Crippen LogP contribution in [0.2, 0.25) is 0 Å². The van der Waals surface area contributed by atoms with E-state index in [4.69, 9.17) is 0 Å². The number of aliphatic imine (C=N–C) groups is 1. The molecule has 0 N–H and O–H groups in total. The quantitative estimate of drug-likeness (QED) is 0.557. The fraction of sp³-hybridized carbons (Fsp3) is 0.182. The first-order valence-electron chi connectivity index (χ1n) is 3.97. The van der Waals surface area contributed by atoms with Gasteiger partial charge in [0.25, 0.3) is 0 Å². The third-order valence-corrected chi connectivity index (χ3v) is 1.67. The van der Waals surface area contributed by atoms with Crippen molar-refractivity contribution < 1.29 is 0 Å². The van der Waals surface area contributed by atoms with Crippen molar-refractivity contribution in [3.05, 3.63) is 48.2 Å². The lowest BCUT2D eigenvalue weighted by Gasteiger charge is -2.07. The van der Waals surface area contributed by atoms with Crippen LogP contribution in [0, 0.1) is 0 Å². The molecule has 0 aromatic rings. The molecule has 0 saturated heterocycles. The van der Waals surface area contributed by atoms with E-state index in [2.05, 4.69) is 31.5 Å². The Balaban J connectivity index is 3.10. The Morgan fingerprint density at radius 2 is 2.00 bits per heavy atom.